The third kappa shape index (κ3) is 3.76. The van der Waals surface area contributed by atoms with Crippen molar-refractivity contribution in [1.82, 2.24) is 10.2 Å². The number of para-hydroxylation sites is 2. The van der Waals surface area contributed by atoms with E-state index in [4.69, 9.17) is 9.47 Å². The molecule has 0 aromatic heterocycles. The van der Waals surface area contributed by atoms with Crippen molar-refractivity contribution in [2.75, 3.05) is 57.4 Å². The Kier molecular flexibility index (Phi) is 5.35. The topological polar surface area (TPSA) is 54.0 Å². The molecule has 0 radical (unpaired) electrons. The quantitative estimate of drug-likeness (QED) is 0.886. The normalized spacial score (nSPS) is 22.0. The Morgan fingerprint density at radius 1 is 1.30 bits per heavy atom. The maximum absolute atomic E-state index is 12.5. The Labute approximate surface area is 137 Å². The predicted octanol–water partition coefficient (Wildman–Crippen LogP) is 0.722. The fourth-order valence-electron chi connectivity index (χ4n) is 3.11. The summed E-state index contributed by atoms with van der Waals surface area (Å²) >= 11 is 0. The summed E-state index contributed by atoms with van der Waals surface area (Å²) in [4.78, 5) is 16.7. The van der Waals surface area contributed by atoms with Crippen molar-refractivity contribution in [1.29, 1.82) is 0 Å². The number of carbonyl (C=O) groups excluding carboxylic acids is 1. The summed E-state index contributed by atoms with van der Waals surface area (Å²) in [6.45, 7) is 7.67. The standard InChI is InChI=1S/C17H25N3O3/c1-2-23-16-6-4-3-5-15(16)19-8-10-20(11-9-19)17(21)14-13-22-12-7-18-14/h3-6,14,18H,2,7-13H2,1H3/t14-/m1/s1. The Hall–Kier alpha value is -1.79. The fraction of sp³-hybridized carbons (Fsp3) is 0.588. The van der Waals surface area contributed by atoms with Crippen molar-refractivity contribution >= 4 is 11.6 Å². The van der Waals surface area contributed by atoms with Gasteiger partial charge in [0.25, 0.3) is 0 Å². The fourth-order valence-corrected chi connectivity index (χ4v) is 3.11. The van der Waals surface area contributed by atoms with Gasteiger partial charge < -0.3 is 24.6 Å². The molecule has 2 aliphatic rings. The lowest BCUT2D eigenvalue weighted by Crippen LogP contribution is -2.57. The minimum atomic E-state index is -0.189. The van der Waals surface area contributed by atoms with Crippen LogP contribution in [0.1, 0.15) is 6.92 Å². The van der Waals surface area contributed by atoms with Crippen LogP contribution in [-0.4, -0.2) is 69.4 Å². The Bertz CT molecular complexity index is 524. The first-order valence-corrected chi connectivity index (χ1v) is 8.36. The lowest BCUT2D eigenvalue weighted by atomic mass is 10.2. The van der Waals surface area contributed by atoms with E-state index >= 15 is 0 Å². The third-order valence-corrected chi connectivity index (χ3v) is 4.32. The highest BCUT2D eigenvalue weighted by Crippen LogP contribution is 2.28. The lowest BCUT2D eigenvalue weighted by Gasteiger charge is -2.38. The second kappa shape index (κ2) is 7.66. The summed E-state index contributed by atoms with van der Waals surface area (Å²) < 4.78 is 11.1. The summed E-state index contributed by atoms with van der Waals surface area (Å²) in [6, 6.07) is 7.91. The van der Waals surface area contributed by atoms with Gasteiger partial charge in [0, 0.05) is 32.7 Å². The molecule has 0 unspecified atom stereocenters. The monoisotopic (exact) mass is 319 g/mol. The average molecular weight is 319 g/mol. The van der Waals surface area contributed by atoms with Gasteiger partial charge in [0.2, 0.25) is 5.91 Å². The van der Waals surface area contributed by atoms with Crippen LogP contribution in [0, 0.1) is 0 Å². The molecule has 1 aromatic carbocycles. The van der Waals surface area contributed by atoms with Crippen LogP contribution < -0.4 is 15.0 Å². The van der Waals surface area contributed by atoms with Crippen LogP contribution in [0.25, 0.3) is 0 Å². The first-order valence-electron chi connectivity index (χ1n) is 8.36. The molecule has 1 aromatic rings. The molecule has 1 atom stereocenters. The minimum absolute atomic E-state index is 0.155. The van der Waals surface area contributed by atoms with Gasteiger partial charge in [-0.15, -0.1) is 0 Å². The van der Waals surface area contributed by atoms with Gasteiger partial charge in [0.05, 0.1) is 25.5 Å². The van der Waals surface area contributed by atoms with Crippen LogP contribution in [0.15, 0.2) is 24.3 Å². The maximum atomic E-state index is 12.5. The van der Waals surface area contributed by atoms with Crippen molar-refractivity contribution in [3.05, 3.63) is 24.3 Å². The molecule has 6 heteroatoms. The SMILES string of the molecule is CCOc1ccccc1N1CCN(C(=O)[C@H]2COCCN2)CC1. The summed E-state index contributed by atoms with van der Waals surface area (Å²) in [7, 11) is 0. The van der Waals surface area contributed by atoms with Crippen molar-refractivity contribution in [3.63, 3.8) is 0 Å². The van der Waals surface area contributed by atoms with Gasteiger partial charge in [-0.25, -0.2) is 0 Å². The molecular weight excluding hydrogens is 294 g/mol. The van der Waals surface area contributed by atoms with Crippen molar-refractivity contribution in [2.45, 2.75) is 13.0 Å². The highest BCUT2D eigenvalue weighted by atomic mass is 16.5. The number of rotatable bonds is 4. The second-order valence-corrected chi connectivity index (χ2v) is 5.79. The molecule has 2 heterocycles. The molecule has 0 saturated carbocycles. The van der Waals surface area contributed by atoms with Crippen LogP contribution in [0.5, 0.6) is 5.75 Å². The van der Waals surface area contributed by atoms with Gasteiger partial charge in [0.15, 0.2) is 0 Å². The summed E-state index contributed by atoms with van der Waals surface area (Å²) in [5.74, 6) is 1.07. The number of piperazine rings is 1. The molecule has 1 amide bonds. The number of carbonyl (C=O) groups is 1. The number of benzene rings is 1. The average Bonchev–Trinajstić information content (AvgIpc) is 2.63. The molecule has 6 nitrogen and oxygen atoms in total. The zero-order chi connectivity index (χ0) is 16.1. The Balaban J connectivity index is 1.59. The summed E-state index contributed by atoms with van der Waals surface area (Å²) in [5, 5.41) is 3.24. The lowest BCUT2D eigenvalue weighted by molar-refractivity contribution is -0.136. The van der Waals surface area contributed by atoms with E-state index in [0.29, 0.717) is 19.8 Å². The van der Waals surface area contributed by atoms with E-state index in [0.717, 1.165) is 44.2 Å². The number of hydrogen-bond acceptors (Lipinski definition) is 5. The number of ether oxygens (including phenoxy) is 2. The van der Waals surface area contributed by atoms with Crippen LogP contribution in [0.2, 0.25) is 0 Å². The Morgan fingerprint density at radius 3 is 2.78 bits per heavy atom. The molecule has 1 N–H and O–H groups in total. The van der Waals surface area contributed by atoms with Crippen LogP contribution in [-0.2, 0) is 9.53 Å². The van der Waals surface area contributed by atoms with Gasteiger partial charge in [-0.05, 0) is 19.1 Å². The zero-order valence-electron chi connectivity index (χ0n) is 13.7. The van der Waals surface area contributed by atoms with Gasteiger partial charge in [0.1, 0.15) is 11.8 Å². The maximum Gasteiger partial charge on any atom is 0.242 e. The van der Waals surface area contributed by atoms with E-state index in [2.05, 4.69) is 16.3 Å². The smallest absolute Gasteiger partial charge is 0.242 e. The molecule has 3 rings (SSSR count). The molecule has 23 heavy (non-hydrogen) atoms. The highest BCUT2D eigenvalue weighted by Gasteiger charge is 2.29. The number of anilines is 1. The van der Waals surface area contributed by atoms with Gasteiger partial charge in [-0.1, -0.05) is 12.1 Å². The third-order valence-electron chi connectivity index (χ3n) is 4.32. The Morgan fingerprint density at radius 2 is 2.09 bits per heavy atom. The molecule has 2 aliphatic heterocycles. The van der Waals surface area contributed by atoms with Gasteiger partial charge in [-0.3, -0.25) is 4.79 Å². The number of nitrogens with one attached hydrogen (secondary N) is 1. The first-order chi connectivity index (χ1) is 11.3. The molecule has 2 fully saturated rings. The molecule has 0 aliphatic carbocycles. The molecule has 0 spiro atoms. The van der Waals surface area contributed by atoms with Crippen LogP contribution >= 0.6 is 0 Å². The van der Waals surface area contributed by atoms with E-state index in [9.17, 15) is 4.79 Å². The van der Waals surface area contributed by atoms with Gasteiger partial charge >= 0.3 is 0 Å². The molecule has 126 valence electrons. The van der Waals surface area contributed by atoms with E-state index in [-0.39, 0.29) is 11.9 Å². The number of morpholine rings is 1. The van der Waals surface area contributed by atoms with E-state index in [1.807, 2.05) is 30.0 Å². The second-order valence-electron chi connectivity index (χ2n) is 5.79. The van der Waals surface area contributed by atoms with Crippen molar-refractivity contribution < 1.29 is 14.3 Å². The molecule has 2 saturated heterocycles. The summed E-state index contributed by atoms with van der Waals surface area (Å²) in [6.07, 6.45) is 0. The van der Waals surface area contributed by atoms with Gasteiger partial charge in [-0.2, -0.15) is 0 Å². The minimum Gasteiger partial charge on any atom is -0.492 e. The number of hydrogen-bond donors (Lipinski definition) is 1. The van der Waals surface area contributed by atoms with Crippen LogP contribution in [0.4, 0.5) is 5.69 Å². The number of nitrogens with zero attached hydrogens (tertiary/aromatic N) is 2. The van der Waals surface area contributed by atoms with Crippen molar-refractivity contribution in [3.8, 4) is 5.75 Å². The largest absolute Gasteiger partial charge is 0.492 e. The van der Waals surface area contributed by atoms with E-state index in [1.54, 1.807) is 0 Å². The zero-order valence-corrected chi connectivity index (χ0v) is 13.7. The van der Waals surface area contributed by atoms with Crippen molar-refractivity contribution in [2.24, 2.45) is 0 Å². The van der Waals surface area contributed by atoms with Crippen LogP contribution in [0.3, 0.4) is 0 Å². The van der Waals surface area contributed by atoms with E-state index < -0.39 is 0 Å². The number of amides is 1. The molecular formula is C17H25N3O3. The first kappa shape index (κ1) is 16.1. The van der Waals surface area contributed by atoms with E-state index in [1.165, 1.54) is 0 Å². The molecule has 0 bridgehead atoms. The predicted molar refractivity (Wildman–Crippen MR) is 89.0 cm³/mol. The highest BCUT2D eigenvalue weighted by molar-refractivity contribution is 5.82. The summed E-state index contributed by atoms with van der Waals surface area (Å²) in [5.41, 5.74) is 1.11.